The molecule has 84 valence electrons. The number of halogens is 1. The Morgan fingerprint density at radius 2 is 1.93 bits per heavy atom. The molecule has 2 rings (SSSR count). The van der Waals surface area contributed by atoms with Crippen molar-refractivity contribution in [2.75, 3.05) is 20.2 Å². The normalized spacial score (nSPS) is 16.7. The molecular formula is C11H16ClNOS. The van der Waals surface area contributed by atoms with Crippen molar-refractivity contribution in [3.63, 3.8) is 0 Å². The zero-order chi connectivity index (χ0) is 9.97. The number of ether oxygens (including phenoxy) is 1. The van der Waals surface area contributed by atoms with Crippen molar-refractivity contribution in [3.8, 4) is 5.75 Å². The summed E-state index contributed by atoms with van der Waals surface area (Å²) in [5, 5.41) is 0.577. The van der Waals surface area contributed by atoms with Crippen molar-refractivity contribution in [1.82, 2.24) is 4.90 Å². The largest absolute Gasteiger partial charge is 0.497 e. The molecule has 4 heteroatoms. The van der Waals surface area contributed by atoms with E-state index >= 15 is 0 Å². The Morgan fingerprint density at radius 3 is 2.40 bits per heavy atom. The van der Waals surface area contributed by atoms with E-state index in [2.05, 4.69) is 29.7 Å². The Kier molecular flexibility index (Phi) is 4.77. The van der Waals surface area contributed by atoms with Crippen LogP contribution >= 0.6 is 25.0 Å². The maximum absolute atomic E-state index is 5.11. The van der Waals surface area contributed by atoms with Crippen LogP contribution in [0.15, 0.2) is 24.3 Å². The van der Waals surface area contributed by atoms with Gasteiger partial charge in [-0.15, -0.1) is 12.4 Å². The Morgan fingerprint density at radius 1 is 1.33 bits per heavy atom. The summed E-state index contributed by atoms with van der Waals surface area (Å²) in [7, 11) is 1.69. The van der Waals surface area contributed by atoms with Gasteiger partial charge in [0.25, 0.3) is 0 Å². The lowest BCUT2D eigenvalue weighted by Gasteiger charge is -2.36. The second-order valence-electron chi connectivity index (χ2n) is 3.70. The zero-order valence-corrected chi connectivity index (χ0v) is 10.4. The van der Waals surface area contributed by atoms with Crippen LogP contribution in [0.2, 0.25) is 0 Å². The highest BCUT2D eigenvalue weighted by Gasteiger charge is 2.22. The second kappa shape index (κ2) is 5.64. The number of likely N-dealkylation sites (tertiary alicyclic amines) is 1. The van der Waals surface area contributed by atoms with E-state index in [1.165, 1.54) is 5.56 Å². The highest BCUT2D eigenvalue weighted by molar-refractivity contribution is 7.81. The molecule has 2 nitrogen and oxygen atoms in total. The molecule has 1 aromatic rings. The third-order valence-electron chi connectivity index (χ3n) is 2.50. The van der Waals surface area contributed by atoms with E-state index < -0.39 is 0 Å². The lowest BCUT2D eigenvalue weighted by Crippen LogP contribution is -2.46. The Balaban J connectivity index is 0.00000112. The minimum Gasteiger partial charge on any atom is -0.497 e. The van der Waals surface area contributed by atoms with Gasteiger partial charge in [0.15, 0.2) is 0 Å². The van der Waals surface area contributed by atoms with Crippen LogP contribution in [0.4, 0.5) is 0 Å². The molecule has 0 unspecified atom stereocenters. The van der Waals surface area contributed by atoms with Gasteiger partial charge in [0.2, 0.25) is 0 Å². The molecule has 0 atom stereocenters. The summed E-state index contributed by atoms with van der Waals surface area (Å²) < 4.78 is 5.11. The first-order valence-corrected chi connectivity index (χ1v) is 5.33. The fraction of sp³-hybridized carbons (Fsp3) is 0.455. The minimum absolute atomic E-state index is 0. The summed E-state index contributed by atoms with van der Waals surface area (Å²) in [6.07, 6.45) is 0. The predicted octanol–water partition coefficient (Wildman–Crippen LogP) is 2.23. The van der Waals surface area contributed by atoms with Gasteiger partial charge in [0.05, 0.1) is 7.11 Å². The van der Waals surface area contributed by atoms with Crippen molar-refractivity contribution in [2.24, 2.45) is 0 Å². The smallest absolute Gasteiger partial charge is 0.118 e. The minimum atomic E-state index is 0. The van der Waals surface area contributed by atoms with Crippen molar-refractivity contribution in [1.29, 1.82) is 0 Å². The summed E-state index contributed by atoms with van der Waals surface area (Å²) in [5.74, 6) is 0.921. The monoisotopic (exact) mass is 245 g/mol. The number of methoxy groups -OCH3 is 1. The zero-order valence-electron chi connectivity index (χ0n) is 8.72. The van der Waals surface area contributed by atoms with Gasteiger partial charge in [-0.3, -0.25) is 4.90 Å². The molecule has 1 saturated heterocycles. The molecule has 1 aliphatic heterocycles. The number of benzene rings is 1. The first-order chi connectivity index (χ1) is 6.78. The maximum Gasteiger partial charge on any atom is 0.118 e. The fourth-order valence-corrected chi connectivity index (χ4v) is 2.12. The molecule has 1 fully saturated rings. The van der Waals surface area contributed by atoms with Crippen LogP contribution in [0.25, 0.3) is 0 Å². The van der Waals surface area contributed by atoms with Crippen molar-refractivity contribution >= 4 is 25.0 Å². The van der Waals surface area contributed by atoms with Gasteiger partial charge in [-0.2, -0.15) is 12.6 Å². The van der Waals surface area contributed by atoms with Crippen LogP contribution in [0.3, 0.4) is 0 Å². The van der Waals surface area contributed by atoms with E-state index in [1.807, 2.05) is 12.1 Å². The topological polar surface area (TPSA) is 12.5 Å². The molecule has 0 aromatic heterocycles. The molecule has 0 aliphatic carbocycles. The van der Waals surface area contributed by atoms with Crippen LogP contribution < -0.4 is 4.74 Å². The van der Waals surface area contributed by atoms with Crippen LogP contribution in [0.5, 0.6) is 5.75 Å². The van der Waals surface area contributed by atoms with Crippen LogP contribution in [-0.2, 0) is 6.54 Å². The SMILES string of the molecule is COc1ccc(CN2CC(S)C2)cc1.Cl. The average Bonchev–Trinajstić information content (AvgIpc) is 2.17. The molecule has 1 aliphatic rings. The van der Waals surface area contributed by atoms with E-state index in [-0.39, 0.29) is 12.4 Å². The Labute approximate surface area is 102 Å². The Bertz CT molecular complexity index is 298. The molecule has 1 heterocycles. The molecule has 0 spiro atoms. The van der Waals surface area contributed by atoms with Gasteiger partial charge in [0, 0.05) is 24.9 Å². The molecule has 0 saturated carbocycles. The van der Waals surface area contributed by atoms with E-state index in [4.69, 9.17) is 4.74 Å². The van der Waals surface area contributed by atoms with Crippen LogP contribution in [0, 0.1) is 0 Å². The molecule has 0 bridgehead atoms. The highest BCUT2D eigenvalue weighted by Crippen LogP contribution is 2.18. The number of hydrogen-bond donors (Lipinski definition) is 1. The van der Waals surface area contributed by atoms with E-state index in [0.717, 1.165) is 25.4 Å². The van der Waals surface area contributed by atoms with Crippen molar-refractivity contribution in [3.05, 3.63) is 29.8 Å². The quantitative estimate of drug-likeness (QED) is 0.820. The summed E-state index contributed by atoms with van der Waals surface area (Å²) in [4.78, 5) is 2.39. The third-order valence-corrected chi connectivity index (χ3v) is 2.83. The number of nitrogens with zero attached hydrogens (tertiary/aromatic N) is 1. The van der Waals surface area contributed by atoms with E-state index in [9.17, 15) is 0 Å². The van der Waals surface area contributed by atoms with Gasteiger partial charge in [-0.05, 0) is 17.7 Å². The first-order valence-electron chi connectivity index (χ1n) is 4.81. The molecule has 15 heavy (non-hydrogen) atoms. The van der Waals surface area contributed by atoms with Crippen LogP contribution in [0.1, 0.15) is 5.56 Å². The van der Waals surface area contributed by atoms with Gasteiger partial charge < -0.3 is 4.74 Å². The molecule has 0 N–H and O–H groups in total. The lowest BCUT2D eigenvalue weighted by molar-refractivity contribution is 0.182. The second-order valence-corrected chi connectivity index (χ2v) is 4.43. The third kappa shape index (κ3) is 3.30. The van der Waals surface area contributed by atoms with Gasteiger partial charge >= 0.3 is 0 Å². The molecule has 0 amide bonds. The van der Waals surface area contributed by atoms with Gasteiger partial charge in [0.1, 0.15) is 5.75 Å². The number of thiol groups is 1. The molecule has 0 radical (unpaired) electrons. The van der Waals surface area contributed by atoms with Gasteiger partial charge in [-0.1, -0.05) is 12.1 Å². The lowest BCUT2D eigenvalue weighted by atomic mass is 10.1. The molecular weight excluding hydrogens is 230 g/mol. The van der Waals surface area contributed by atoms with Gasteiger partial charge in [-0.25, -0.2) is 0 Å². The average molecular weight is 246 g/mol. The van der Waals surface area contributed by atoms with E-state index in [0.29, 0.717) is 5.25 Å². The standard InChI is InChI=1S/C11H15NOS.ClH/c1-13-10-4-2-9(3-5-10)6-12-7-11(14)8-12;/h2-5,11,14H,6-8H2,1H3;1H. The van der Waals surface area contributed by atoms with Crippen LogP contribution in [-0.4, -0.2) is 30.3 Å². The summed E-state index contributed by atoms with van der Waals surface area (Å²) >= 11 is 4.38. The summed E-state index contributed by atoms with van der Waals surface area (Å²) in [6, 6.07) is 8.25. The molecule has 1 aromatic carbocycles. The van der Waals surface area contributed by atoms with Crippen molar-refractivity contribution in [2.45, 2.75) is 11.8 Å². The summed E-state index contributed by atoms with van der Waals surface area (Å²) in [5.41, 5.74) is 1.34. The summed E-state index contributed by atoms with van der Waals surface area (Å²) in [6.45, 7) is 3.24. The van der Waals surface area contributed by atoms with E-state index in [1.54, 1.807) is 7.11 Å². The van der Waals surface area contributed by atoms with Crippen molar-refractivity contribution < 1.29 is 4.74 Å². The number of rotatable bonds is 3. The Hall–Kier alpha value is -0.380. The predicted molar refractivity (Wildman–Crippen MR) is 68.3 cm³/mol. The fourth-order valence-electron chi connectivity index (χ4n) is 1.66. The number of hydrogen-bond acceptors (Lipinski definition) is 3. The first kappa shape index (κ1) is 12.7. The maximum atomic E-state index is 5.11. The highest BCUT2D eigenvalue weighted by atomic mass is 35.5.